The molecule has 1 rings (SSSR count). The Hall–Kier alpha value is -0.770. The summed E-state index contributed by atoms with van der Waals surface area (Å²) in [6, 6.07) is -0.323. The molecule has 1 unspecified atom stereocenters. The molecule has 0 bridgehead atoms. The smallest absolute Gasteiger partial charge is 0.321 e. The maximum absolute atomic E-state index is 11.3. The van der Waals surface area contributed by atoms with Gasteiger partial charge in [-0.2, -0.15) is 0 Å². The topological polar surface area (TPSA) is 58.2 Å². The lowest BCUT2D eigenvalue weighted by Gasteiger charge is -2.20. The zero-order valence-corrected chi connectivity index (χ0v) is 9.64. The van der Waals surface area contributed by atoms with Crippen LogP contribution in [0.1, 0.15) is 32.6 Å². The van der Waals surface area contributed by atoms with Crippen LogP contribution in [0, 0.1) is 5.92 Å². The highest BCUT2D eigenvalue weighted by Gasteiger charge is 2.22. The number of nitrogens with one attached hydrogen (secondary N) is 2. The molecule has 0 aliphatic heterocycles. The predicted molar refractivity (Wildman–Crippen MR) is 58.8 cm³/mol. The fraction of sp³-hybridized carbons (Fsp3) is 0.800. The molecule has 0 radical (unpaired) electrons. The van der Waals surface area contributed by atoms with Gasteiger partial charge in [0.1, 0.15) is 5.88 Å². The van der Waals surface area contributed by atoms with Crippen LogP contribution in [-0.2, 0) is 4.79 Å². The number of urea groups is 1. The molecule has 0 aromatic carbocycles. The first-order valence-electron chi connectivity index (χ1n) is 5.29. The maximum Gasteiger partial charge on any atom is 0.321 e. The first kappa shape index (κ1) is 12.3. The number of hydrogen-bond acceptors (Lipinski definition) is 2. The molecule has 0 saturated heterocycles. The normalized spacial score (nSPS) is 18.5. The molecule has 86 valence electrons. The fourth-order valence-electron chi connectivity index (χ4n) is 1.98. The van der Waals surface area contributed by atoms with E-state index in [9.17, 15) is 9.59 Å². The van der Waals surface area contributed by atoms with Crippen LogP contribution in [0.5, 0.6) is 0 Å². The molecule has 0 spiro atoms. The van der Waals surface area contributed by atoms with Crippen LogP contribution < -0.4 is 10.6 Å². The molecule has 0 aromatic heterocycles. The number of amides is 3. The summed E-state index contributed by atoms with van der Waals surface area (Å²) in [5.74, 6) is -0.111. The second kappa shape index (κ2) is 5.95. The highest BCUT2D eigenvalue weighted by Crippen LogP contribution is 2.27. The van der Waals surface area contributed by atoms with E-state index < -0.39 is 11.9 Å². The molecule has 0 heterocycles. The van der Waals surface area contributed by atoms with Crippen molar-refractivity contribution in [2.24, 2.45) is 5.92 Å². The van der Waals surface area contributed by atoms with Crippen LogP contribution in [0.2, 0.25) is 0 Å². The third-order valence-electron chi connectivity index (χ3n) is 2.84. The molecule has 2 N–H and O–H groups in total. The molecule has 3 amide bonds. The largest absolute Gasteiger partial charge is 0.335 e. The van der Waals surface area contributed by atoms with Gasteiger partial charge in [0.15, 0.2) is 0 Å². The van der Waals surface area contributed by atoms with E-state index in [1.54, 1.807) is 0 Å². The van der Waals surface area contributed by atoms with E-state index in [0.717, 1.165) is 12.8 Å². The monoisotopic (exact) mass is 232 g/mol. The van der Waals surface area contributed by atoms with E-state index in [4.69, 9.17) is 11.6 Å². The van der Waals surface area contributed by atoms with Crippen LogP contribution in [0.4, 0.5) is 4.79 Å². The average molecular weight is 233 g/mol. The number of imide groups is 1. The molecule has 15 heavy (non-hydrogen) atoms. The van der Waals surface area contributed by atoms with Crippen molar-refractivity contribution in [3.05, 3.63) is 0 Å². The molecule has 1 aliphatic rings. The number of alkyl halides is 1. The van der Waals surface area contributed by atoms with Crippen molar-refractivity contribution in [3.8, 4) is 0 Å². The van der Waals surface area contributed by atoms with Crippen molar-refractivity contribution in [2.75, 3.05) is 5.88 Å². The Balaban J connectivity index is 2.27. The lowest BCUT2D eigenvalue weighted by Crippen LogP contribution is -2.46. The lowest BCUT2D eigenvalue weighted by molar-refractivity contribution is -0.117. The summed E-state index contributed by atoms with van der Waals surface area (Å²) in [4.78, 5) is 22.1. The van der Waals surface area contributed by atoms with Gasteiger partial charge in [0, 0.05) is 6.04 Å². The van der Waals surface area contributed by atoms with Gasteiger partial charge in [-0.25, -0.2) is 4.79 Å². The van der Waals surface area contributed by atoms with Gasteiger partial charge < -0.3 is 5.32 Å². The van der Waals surface area contributed by atoms with Gasteiger partial charge in [-0.1, -0.05) is 12.8 Å². The Morgan fingerprint density at radius 2 is 2.00 bits per heavy atom. The minimum Gasteiger partial charge on any atom is -0.335 e. The van der Waals surface area contributed by atoms with Gasteiger partial charge in [0.25, 0.3) is 0 Å². The standard InChI is InChI=1S/C10H17ClN2O2/c1-7(8-4-2-3-5-8)12-10(15)13-9(14)6-11/h7-8H,2-6H2,1H3,(H2,12,13,14,15). The highest BCUT2D eigenvalue weighted by molar-refractivity contribution is 6.28. The lowest BCUT2D eigenvalue weighted by atomic mass is 10.0. The Labute approximate surface area is 94.7 Å². The molecule has 1 fully saturated rings. The zero-order valence-electron chi connectivity index (χ0n) is 8.88. The molecular formula is C10H17ClN2O2. The van der Waals surface area contributed by atoms with Gasteiger partial charge in [-0.05, 0) is 25.7 Å². The average Bonchev–Trinajstić information content (AvgIpc) is 2.70. The van der Waals surface area contributed by atoms with E-state index in [0.29, 0.717) is 5.92 Å². The van der Waals surface area contributed by atoms with Gasteiger partial charge in [0.05, 0.1) is 0 Å². The number of rotatable bonds is 3. The molecule has 1 saturated carbocycles. The first-order chi connectivity index (χ1) is 7.13. The molecule has 0 aromatic rings. The minimum absolute atomic E-state index is 0.121. The molecule has 4 nitrogen and oxygen atoms in total. The number of carbonyl (C=O) groups excluding carboxylic acids is 2. The van der Waals surface area contributed by atoms with Crippen molar-refractivity contribution in [3.63, 3.8) is 0 Å². The van der Waals surface area contributed by atoms with Gasteiger partial charge >= 0.3 is 6.03 Å². The molecule has 1 aliphatic carbocycles. The van der Waals surface area contributed by atoms with E-state index >= 15 is 0 Å². The minimum atomic E-state index is -0.465. The number of halogens is 1. The van der Waals surface area contributed by atoms with Crippen molar-refractivity contribution in [1.29, 1.82) is 0 Å². The van der Waals surface area contributed by atoms with E-state index in [-0.39, 0.29) is 11.9 Å². The van der Waals surface area contributed by atoms with Gasteiger partial charge in [-0.3, -0.25) is 10.1 Å². The van der Waals surface area contributed by atoms with Crippen LogP contribution in [0.3, 0.4) is 0 Å². The predicted octanol–water partition coefficient (Wildman–Crippen LogP) is 1.63. The summed E-state index contributed by atoms with van der Waals surface area (Å²) < 4.78 is 0. The first-order valence-corrected chi connectivity index (χ1v) is 5.83. The highest BCUT2D eigenvalue weighted by atomic mass is 35.5. The summed E-state index contributed by atoms with van der Waals surface area (Å²) in [5, 5.41) is 4.92. The molecule has 5 heteroatoms. The van der Waals surface area contributed by atoms with Gasteiger partial charge in [-0.15, -0.1) is 11.6 Å². The van der Waals surface area contributed by atoms with Gasteiger partial charge in [0.2, 0.25) is 5.91 Å². The third kappa shape index (κ3) is 4.08. The summed E-state index contributed by atoms with van der Waals surface area (Å²) in [5.41, 5.74) is 0. The van der Waals surface area contributed by atoms with Crippen molar-refractivity contribution >= 4 is 23.5 Å². The number of hydrogen-bond donors (Lipinski definition) is 2. The maximum atomic E-state index is 11.3. The Morgan fingerprint density at radius 3 is 2.53 bits per heavy atom. The molecule has 1 atom stereocenters. The summed E-state index contributed by atoms with van der Waals surface area (Å²) in [6.45, 7) is 1.97. The Kier molecular flexibility index (Phi) is 4.88. The second-order valence-electron chi connectivity index (χ2n) is 3.99. The van der Waals surface area contributed by atoms with E-state index in [1.165, 1.54) is 12.8 Å². The van der Waals surface area contributed by atoms with Crippen LogP contribution >= 0.6 is 11.6 Å². The zero-order chi connectivity index (χ0) is 11.3. The quantitative estimate of drug-likeness (QED) is 0.727. The molecular weight excluding hydrogens is 216 g/mol. The fourth-order valence-corrected chi connectivity index (χ4v) is 2.04. The summed E-state index contributed by atoms with van der Waals surface area (Å²) in [7, 11) is 0. The van der Waals surface area contributed by atoms with Crippen molar-refractivity contribution in [1.82, 2.24) is 10.6 Å². The van der Waals surface area contributed by atoms with Crippen molar-refractivity contribution < 1.29 is 9.59 Å². The third-order valence-corrected chi connectivity index (χ3v) is 3.08. The summed E-state index contributed by atoms with van der Waals surface area (Å²) in [6.07, 6.45) is 4.79. The second-order valence-corrected chi connectivity index (χ2v) is 4.26. The van der Waals surface area contributed by atoms with E-state index in [2.05, 4.69) is 10.6 Å². The summed E-state index contributed by atoms with van der Waals surface area (Å²) >= 11 is 5.27. The SMILES string of the molecule is CC(NC(=O)NC(=O)CCl)C1CCCC1. The number of carbonyl (C=O) groups is 2. The van der Waals surface area contributed by atoms with Crippen LogP contribution in [0.15, 0.2) is 0 Å². The van der Waals surface area contributed by atoms with E-state index in [1.807, 2.05) is 6.92 Å². The van der Waals surface area contributed by atoms with Crippen molar-refractivity contribution in [2.45, 2.75) is 38.6 Å². The Morgan fingerprint density at radius 1 is 1.40 bits per heavy atom. The van der Waals surface area contributed by atoms with Crippen LogP contribution in [0.25, 0.3) is 0 Å². The Bertz CT molecular complexity index is 240. The van der Waals surface area contributed by atoms with Crippen LogP contribution in [-0.4, -0.2) is 23.9 Å².